The van der Waals surface area contributed by atoms with Crippen LogP contribution in [0.5, 0.6) is 11.6 Å². The second kappa shape index (κ2) is 6.91. The number of halogens is 1. The van der Waals surface area contributed by atoms with Crippen molar-refractivity contribution in [1.82, 2.24) is 9.97 Å². The van der Waals surface area contributed by atoms with Crippen LogP contribution in [0.2, 0.25) is 0 Å². The van der Waals surface area contributed by atoms with Gasteiger partial charge in [0, 0.05) is 28.8 Å². The number of pyridine rings is 2. The Morgan fingerprint density at radius 3 is 2.53 bits per heavy atom. The van der Waals surface area contributed by atoms with Crippen molar-refractivity contribution >= 4 is 11.9 Å². The molecule has 0 saturated heterocycles. The fourth-order valence-corrected chi connectivity index (χ4v) is 3.63. The predicted molar refractivity (Wildman–Crippen MR) is 106 cm³/mol. The van der Waals surface area contributed by atoms with Crippen LogP contribution in [0.4, 0.5) is 4.39 Å². The Labute approximate surface area is 171 Å². The van der Waals surface area contributed by atoms with Crippen molar-refractivity contribution in [3.63, 3.8) is 0 Å². The van der Waals surface area contributed by atoms with Crippen molar-refractivity contribution in [1.29, 1.82) is 0 Å². The molecule has 30 heavy (non-hydrogen) atoms. The summed E-state index contributed by atoms with van der Waals surface area (Å²) in [6.07, 6.45) is 1.39. The minimum atomic E-state index is -1.13. The van der Waals surface area contributed by atoms with Gasteiger partial charge in [-0.25, -0.2) is 19.2 Å². The predicted octanol–water partition coefficient (Wildman–Crippen LogP) is 3.73. The number of carbonyl (C=O) groups excluding carboxylic acids is 1. The van der Waals surface area contributed by atoms with Crippen LogP contribution in [0.25, 0.3) is 11.3 Å². The van der Waals surface area contributed by atoms with Gasteiger partial charge in [-0.2, -0.15) is 0 Å². The van der Waals surface area contributed by atoms with Gasteiger partial charge in [0.25, 0.3) is 0 Å². The van der Waals surface area contributed by atoms with Crippen molar-refractivity contribution in [2.45, 2.75) is 19.8 Å². The molecule has 2 aromatic heterocycles. The van der Waals surface area contributed by atoms with E-state index < -0.39 is 29.0 Å². The number of carbonyl (C=O) groups is 2. The third-order valence-corrected chi connectivity index (χ3v) is 5.34. The summed E-state index contributed by atoms with van der Waals surface area (Å²) in [5, 5.41) is 9.00. The first-order valence-electron chi connectivity index (χ1n) is 9.17. The lowest BCUT2D eigenvalue weighted by molar-refractivity contribution is -0.126. The lowest BCUT2D eigenvalue weighted by Gasteiger charge is -2.36. The third-order valence-electron chi connectivity index (χ3n) is 5.34. The number of hydrogen-bond donors (Lipinski definition) is 2. The maximum atomic E-state index is 14.5. The highest BCUT2D eigenvalue weighted by Gasteiger charge is 2.43. The van der Waals surface area contributed by atoms with Gasteiger partial charge in [-0.3, -0.25) is 4.79 Å². The van der Waals surface area contributed by atoms with Crippen molar-refractivity contribution in [3.05, 3.63) is 71.3 Å². The summed E-state index contributed by atoms with van der Waals surface area (Å²) in [5.41, 5.74) is 6.70. The van der Waals surface area contributed by atoms with Crippen LogP contribution in [0, 0.1) is 11.2 Å². The molecule has 7 nitrogen and oxygen atoms in total. The lowest BCUT2D eigenvalue weighted by Crippen LogP contribution is -2.38. The molecule has 0 saturated carbocycles. The van der Waals surface area contributed by atoms with E-state index in [1.54, 1.807) is 44.2 Å². The fourth-order valence-electron chi connectivity index (χ4n) is 3.63. The van der Waals surface area contributed by atoms with E-state index in [-0.39, 0.29) is 17.3 Å². The van der Waals surface area contributed by atoms with Crippen LogP contribution < -0.4 is 10.5 Å². The van der Waals surface area contributed by atoms with Crippen molar-refractivity contribution in [3.8, 4) is 22.9 Å². The zero-order valence-corrected chi connectivity index (χ0v) is 16.2. The number of carboxylic acid groups (broad SMARTS) is 1. The third kappa shape index (κ3) is 3.06. The number of fused-ring (bicyclic) bond motifs is 2. The van der Waals surface area contributed by atoms with Crippen LogP contribution in [0.1, 0.15) is 41.4 Å². The molecule has 0 radical (unpaired) electrons. The molecule has 0 bridgehead atoms. The number of aromatic carboxylic acids is 1. The van der Waals surface area contributed by atoms with E-state index >= 15 is 0 Å². The Bertz CT molecular complexity index is 1180. The smallest absolute Gasteiger partial charge is 0.354 e. The molecule has 0 spiro atoms. The van der Waals surface area contributed by atoms with Gasteiger partial charge >= 0.3 is 5.97 Å². The summed E-state index contributed by atoms with van der Waals surface area (Å²) in [4.78, 5) is 31.6. The van der Waals surface area contributed by atoms with E-state index in [0.717, 1.165) is 0 Å². The first kappa shape index (κ1) is 19.5. The molecule has 3 N–H and O–H groups in total. The first-order chi connectivity index (χ1) is 14.2. The van der Waals surface area contributed by atoms with Crippen molar-refractivity contribution in [2.24, 2.45) is 11.1 Å². The lowest BCUT2D eigenvalue weighted by atomic mass is 9.70. The van der Waals surface area contributed by atoms with Crippen LogP contribution in [0.15, 0.2) is 48.7 Å². The van der Waals surface area contributed by atoms with Gasteiger partial charge in [0.05, 0.1) is 11.1 Å². The first-order valence-corrected chi connectivity index (χ1v) is 9.17. The van der Waals surface area contributed by atoms with E-state index in [1.165, 1.54) is 18.3 Å². The van der Waals surface area contributed by atoms with Crippen molar-refractivity contribution < 1.29 is 23.8 Å². The van der Waals surface area contributed by atoms with Gasteiger partial charge in [-0.1, -0.05) is 32.0 Å². The zero-order valence-electron chi connectivity index (χ0n) is 16.2. The topological polar surface area (TPSA) is 115 Å². The summed E-state index contributed by atoms with van der Waals surface area (Å²) in [5.74, 6) is -2.62. The second-order valence-electron chi connectivity index (χ2n) is 7.61. The molecule has 0 fully saturated rings. The molecule has 152 valence electrons. The minimum Gasteiger partial charge on any atom is -0.477 e. The fraction of sp³-hybridized carbons (Fsp3) is 0.182. The number of ether oxygens (including phenoxy) is 1. The maximum absolute atomic E-state index is 14.5. The van der Waals surface area contributed by atoms with Gasteiger partial charge in [0.2, 0.25) is 11.8 Å². The summed E-state index contributed by atoms with van der Waals surface area (Å²) in [6.45, 7) is 3.40. The molecule has 1 atom stereocenters. The number of nitrogens with two attached hydrogens (primary N) is 1. The highest BCUT2D eigenvalue weighted by Crippen LogP contribution is 2.52. The van der Waals surface area contributed by atoms with Gasteiger partial charge in [0.15, 0.2) is 11.6 Å². The standard InChI is InChI=1S/C22H18FN3O4/c1-22(2,21(24)29)17-12-4-3-5-14(23)18(12)30-19-13(17)7-9-15(26-19)11-6-8-16(20(27)28)25-10-11/h3-10,17H,1-2H3,(H2,24,29)(H,27,28)/t17-/m0/s1. The number of aromatic nitrogens is 2. The van der Waals surface area contributed by atoms with Crippen molar-refractivity contribution in [2.75, 3.05) is 0 Å². The maximum Gasteiger partial charge on any atom is 0.354 e. The molecule has 1 aliphatic heterocycles. The molecule has 0 aliphatic carbocycles. The Hall–Kier alpha value is -3.81. The Morgan fingerprint density at radius 2 is 1.90 bits per heavy atom. The molecule has 8 heteroatoms. The molecule has 3 heterocycles. The van der Waals surface area contributed by atoms with Gasteiger partial charge in [-0.05, 0) is 24.3 Å². The van der Waals surface area contributed by atoms with Gasteiger partial charge in [0.1, 0.15) is 5.69 Å². The van der Waals surface area contributed by atoms with E-state index in [9.17, 15) is 14.0 Å². The van der Waals surface area contributed by atoms with E-state index in [2.05, 4.69) is 9.97 Å². The summed E-state index contributed by atoms with van der Waals surface area (Å²) in [6, 6.07) is 11.0. The van der Waals surface area contributed by atoms with Crippen LogP contribution in [-0.2, 0) is 4.79 Å². The molecule has 1 amide bonds. The summed E-state index contributed by atoms with van der Waals surface area (Å²) >= 11 is 0. The minimum absolute atomic E-state index is 0.00771. The van der Waals surface area contributed by atoms with Crippen LogP contribution in [-0.4, -0.2) is 27.0 Å². The quantitative estimate of drug-likeness (QED) is 0.681. The number of para-hydroxylation sites is 1. The molecule has 1 aromatic carbocycles. The zero-order chi connectivity index (χ0) is 21.6. The highest BCUT2D eigenvalue weighted by atomic mass is 19.1. The number of amides is 1. The second-order valence-corrected chi connectivity index (χ2v) is 7.61. The number of rotatable bonds is 4. The average molecular weight is 407 g/mol. The van der Waals surface area contributed by atoms with E-state index in [1.807, 2.05) is 0 Å². The number of hydrogen-bond acceptors (Lipinski definition) is 5. The summed E-state index contributed by atoms with van der Waals surface area (Å²) in [7, 11) is 0. The Kier molecular flexibility index (Phi) is 4.49. The normalized spacial score (nSPS) is 15.0. The Morgan fingerprint density at radius 1 is 1.13 bits per heavy atom. The summed E-state index contributed by atoms with van der Waals surface area (Å²) < 4.78 is 20.3. The van der Waals surface area contributed by atoms with Crippen LogP contribution in [0.3, 0.4) is 0 Å². The molecule has 1 aliphatic rings. The number of nitrogens with zero attached hydrogens (tertiary/aromatic N) is 2. The molecule has 3 aromatic rings. The molecular weight excluding hydrogens is 389 g/mol. The SMILES string of the molecule is CC(C)(C(N)=O)[C@@H]1c2ccc(-c3ccc(C(=O)O)nc3)nc2Oc2c(F)cccc21. The monoisotopic (exact) mass is 407 g/mol. The van der Waals surface area contributed by atoms with Gasteiger partial charge < -0.3 is 15.6 Å². The van der Waals surface area contributed by atoms with Gasteiger partial charge in [-0.15, -0.1) is 0 Å². The average Bonchev–Trinajstić information content (AvgIpc) is 2.72. The molecular formula is C22H18FN3O4. The van der Waals surface area contributed by atoms with E-state index in [4.69, 9.17) is 15.6 Å². The van der Waals surface area contributed by atoms with E-state index in [0.29, 0.717) is 22.4 Å². The molecule has 0 unspecified atom stereocenters. The number of primary amides is 1. The Balaban J connectivity index is 1.85. The largest absolute Gasteiger partial charge is 0.477 e. The highest BCUT2D eigenvalue weighted by molar-refractivity contribution is 5.85. The number of benzene rings is 1. The molecule has 4 rings (SSSR count). The number of carboxylic acids is 1. The van der Waals surface area contributed by atoms with Crippen LogP contribution >= 0.6 is 0 Å².